The summed E-state index contributed by atoms with van der Waals surface area (Å²) in [6.07, 6.45) is 2.17. The second-order valence-electron chi connectivity index (χ2n) is 8.51. The van der Waals surface area contributed by atoms with E-state index in [-0.39, 0.29) is 42.7 Å². The van der Waals surface area contributed by atoms with Gasteiger partial charge in [-0.15, -0.1) is 0 Å². The SMILES string of the molecule is CCc1c(C(=O)N2CCN(S(=O)(=O)c3cc([N+](=O)[O-])ccc3C)CC2)cnn1-c1ccc(C)cc1. The number of rotatable bonds is 6. The van der Waals surface area contributed by atoms with Crippen molar-refractivity contribution in [3.63, 3.8) is 0 Å². The highest BCUT2D eigenvalue weighted by Crippen LogP contribution is 2.26. The summed E-state index contributed by atoms with van der Waals surface area (Å²) >= 11 is 0. The molecule has 1 aliphatic heterocycles. The Kier molecular flexibility index (Phi) is 6.73. The van der Waals surface area contributed by atoms with Gasteiger partial charge in [0.2, 0.25) is 10.0 Å². The predicted molar refractivity (Wildman–Crippen MR) is 130 cm³/mol. The van der Waals surface area contributed by atoms with Crippen LogP contribution in [0.2, 0.25) is 0 Å². The van der Waals surface area contributed by atoms with Gasteiger partial charge in [-0.3, -0.25) is 14.9 Å². The maximum absolute atomic E-state index is 13.3. The molecule has 1 aromatic heterocycles. The number of sulfonamides is 1. The van der Waals surface area contributed by atoms with E-state index in [1.807, 2.05) is 38.1 Å². The van der Waals surface area contributed by atoms with Gasteiger partial charge in [-0.2, -0.15) is 9.40 Å². The zero-order valence-electron chi connectivity index (χ0n) is 19.8. The molecule has 184 valence electrons. The molecule has 0 bridgehead atoms. The number of carbonyl (C=O) groups is 1. The average Bonchev–Trinajstić information content (AvgIpc) is 3.28. The average molecular weight is 498 g/mol. The Bertz CT molecular complexity index is 1370. The molecule has 1 aliphatic rings. The molecular weight excluding hydrogens is 470 g/mol. The van der Waals surface area contributed by atoms with Crippen LogP contribution in [0.3, 0.4) is 0 Å². The van der Waals surface area contributed by atoms with Crippen molar-refractivity contribution in [3.05, 3.63) is 81.2 Å². The number of nitro benzene ring substituents is 1. The Morgan fingerprint density at radius 3 is 2.31 bits per heavy atom. The van der Waals surface area contributed by atoms with E-state index in [2.05, 4.69) is 5.10 Å². The highest BCUT2D eigenvalue weighted by Gasteiger charge is 2.33. The summed E-state index contributed by atoms with van der Waals surface area (Å²) in [7, 11) is -3.94. The molecule has 0 N–H and O–H groups in total. The van der Waals surface area contributed by atoms with Crippen LogP contribution in [0.4, 0.5) is 5.69 Å². The lowest BCUT2D eigenvalue weighted by Gasteiger charge is -2.34. The number of benzene rings is 2. The van der Waals surface area contributed by atoms with E-state index in [0.29, 0.717) is 17.5 Å². The Hall–Kier alpha value is -3.57. The number of amides is 1. The van der Waals surface area contributed by atoms with Crippen molar-refractivity contribution >= 4 is 21.6 Å². The summed E-state index contributed by atoms with van der Waals surface area (Å²) in [5.74, 6) is -0.191. The molecular formula is C24H27N5O5S. The van der Waals surface area contributed by atoms with Crippen molar-refractivity contribution in [1.29, 1.82) is 0 Å². The van der Waals surface area contributed by atoms with Crippen molar-refractivity contribution in [2.24, 2.45) is 0 Å². The van der Waals surface area contributed by atoms with Gasteiger partial charge in [0.25, 0.3) is 11.6 Å². The van der Waals surface area contributed by atoms with Crippen LogP contribution in [0.1, 0.15) is 34.1 Å². The van der Waals surface area contributed by atoms with Crippen LogP contribution >= 0.6 is 0 Å². The van der Waals surface area contributed by atoms with E-state index in [1.165, 1.54) is 16.4 Å². The first-order chi connectivity index (χ1) is 16.6. The summed E-state index contributed by atoms with van der Waals surface area (Å²) in [4.78, 5) is 25.4. The lowest BCUT2D eigenvalue weighted by atomic mass is 10.1. The van der Waals surface area contributed by atoms with Crippen molar-refractivity contribution in [2.45, 2.75) is 32.1 Å². The van der Waals surface area contributed by atoms with E-state index in [1.54, 1.807) is 22.7 Å². The van der Waals surface area contributed by atoms with Crippen molar-refractivity contribution in [1.82, 2.24) is 19.0 Å². The minimum atomic E-state index is -3.94. The Labute approximate surface area is 204 Å². The molecule has 0 spiro atoms. The fourth-order valence-electron chi connectivity index (χ4n) is 4.22. The molecule has 3 aromatic rings. The first kappa shape index (κ1) is 24.6. The second kappa shape index (κ2) is 9.59. The van der Waals surface area contributed by atoms with Crippen LogP contribution in [0.25, 0.3) is 5.69 Å². The van der Waals surface area contributed by atoms with Crippen LogP contribution in [-0.2, 0) is 16.4 Å². The lowest BCUT2D eigenvalue weighted by Crippen LogP contribution is -2.50. The van der Waals surface area contributed by atoms with E-state index in [9.17, 15) is 23.3 Å². The van der Waals surface area contributed by atoms with Crippen molar-refractivity contribution in [3.8, 4) is 5.69 Å². The Morgan fingerprint density at radius 2 is 1.71 bits per heavy atom. The number of aryl methyl sites for hydroxylation is 2. The number of nitro groups is 1. The number of non-ortho nitro benzene ring substituents is 1. The number of hydrogen-bond acceptors (Lipinski definition) is 6. The third kappa shape index (κ3) is 4.69. The fourth-order valence-corrected chi connectivity index (χ4v) is 5.89. The molecule has 11 heteroatoms. The van der Waals surface area contributed by atoms with Crippen LogP contribution in [0.5, 0.6) is 0 Å². The Morgan fingerprint density at radius 1 is 1.06 bits per heavy atom. The monoisotopic (exact) mass is 497 g/mol. The van der Waals surface area contributed by atoms with Gasteiger partial charge >= 0.3 is 0 Å². The molecule has 4 rings (SSSR count). The van der Waals surface area contributed by atoms with Crippen LogP contribution < -0.4 is 0 Å². The Balaban J connectivity index is 1.51. The fraction of sp³-hybridized carbons (Fsp3) is 0.333. The lowest BCUT2D eigenvalue weighted by molar-refractivity contribution is -0.385. The number of aromatic nitrogens is 2. The van der Waals surface area contributed by atoms with E-state index < -0.39 is 14.9 Å². The quantitative estimate of drug-likeness (QED) is 0.381. The maximum atomic E-state index is 13.3. The van der Waals surface area contributed by atoms with Crippen LogP contribution in [0.15, 0.2) is 53.6 Å². The minimum absolute atomic E-state index is 0.0841. The predicted octanol–water partition coefficient (Wildman–Crippen LogP) is 3.11. The first-order valence-corrected chi connectivity index (χ1v) is 12.8. The zero-order chi connectivity index (χ0) is 25.3. The maximum Gasteiger partial charge on any atom is 0.270 e. The van der Waals surface area contributed by atoms with Crippen molar-refractivity contribution < 1.29 is 18.1 Å². The van der Waals surface area contributed by atoms with Gasteiger partial charge in [0.1, 0.15) is 0 Å². The number of nitrogens with zero attached hydrogens (tertiary/aromatic N) is 5. The third-order valence-electron chi connectivity index (χ3n) is 6.24. The summed E-state index contributed by atoms with van der Waals surface area (Å²) in [6, 6.07) is 11.7. The smallest absolute Gasteiger partial charge is 0.270 e. The van der Waals surface area contributed by atoms with Gasteiger partial charge in [-0.1, -0.05) is 30.7 Å². The molecule has 0 saturated carbocycles. The highest BCUT2D eigenvalue weighted by molar-refractivity contribution is 7.89. The van der Waals surface area contributed by atoms with Gasteiger partial charge in [0.15, 0.2) is 0 Å². The minimum Gasteiger partial charge on any atom is -0.336 e. The molecule has 0 aliphatic carbocycles. The number of piperazine rings is 1. The molecule has 1 amide bonds. The largest absolute Gasteiger partial charge is 0.336 e. The van der Waals surface area contributed by atoms with Gasteiger partial charge in [0.05, 0.1) is 33.0 Å². The molecule has 0 unspecified atom stereocenters. The molecule has 2 aromatic carbocycles. The third-order valence-corrected chi connectivity index (χ3v) is 8.28. The van der Waals surface area contributed by atoms with Crippen LogP contribution in [0, 0.1) is 24.0 Å². The molecule has 1 saturated heterocycles. The van der Waals surface area contributed by atoms with Gasteiger partial charge < -0.3 is 4.90 Å². The standard InChI is InChI=1S/C24H27N5O5S/c1-4-22-21(16-25-28(22)19-8-5-17(2)6-9-19)24(30)26-11-13-27(14-12-26)35(33,34)23-15-20(29(31)32)10-7-18(23)3/h5-10,15-16H,4,11-14H2,1-3H3. The molecule has 0 atom stereocenters. The van der Waals surface area contributed by atoms with Gasteiger partial charge in [-0.25, -0.2) is 13.1 Å². The number of hydrogen-bond donors (Lipinski definition) is 0. The van der Waals surface area contributed by atoms with Gasteiger partial charge in [-0.05, 0) is 38.0 Å². The summed E-state index contributed by atoms with van der Waals surface area (Å²) < 4.78 is 29.4. The summed E-state index contributed by atoms with van der Waals surface area (Å²) in [5, 5.41) is 15.6. The van der Waals surface area contributed by atoms with E-state index in [4.69, 9.17) is 0 Å². The number of carbonyl (C=O) groups excluding carboxylic acids is 1. The highest BCUT2D eigenvalue weighted by atomic mass is 32.2. The molecule has 2 heterocycles. The topological polar surface area (TPSA) is 119 Å². The van der Waals surface area contributed by atoms with E-state index >= 15 is 0 Å². The molecule has 1 fully saturated rings. The molecule has 10 nitrogen and oxygen atoms in total. The molecule has 0 radical (unpaired) electrons. The molecule has 35 heavy (non-hydrogen) atoms. The van der Waals surface area contributed by atoms with E-state index in [0.717, 1.165) is 23.0 Å². The normalized spacial score (nSPS) is 14.8. The second-order valence-corrected chi connectivity index (χ2v) is 10.4. The first-order valence-electron chi connectivity index (χ1n) is 11.3. The summed E-state index contributed by atoms with van der Waals surface area (Å²) in [5.41, 5.74) is 3.45. The summed E-state index contributed by atoms with van der Waals surface area (Å²) in [6.45, 7) is 6.20. The van der Waals surface area contributed by atoms with Crippen LogP contribution in [-0.4, -0.2) is 64.4 Å². The zero-order valence-corrected chi connectivity index (χ0v) is 20.7. The van der Waals surface area contributed by atoms with Gasteiger partial charge in [0, 0.05) is 38.3 Å². The van der Waals surface area contributed by atoms with Crippen molar-refractivity contribution in [2.75, 3.05) is 26.2 Å².